The molecule has 4 heteroatoms. The summed E-state index contributed by atoms with van der Waals surface area (Å²) < 4.78 is 0. The number of carbonyl (C=O) groups is 1. The van der Waals surface area contributed by atoms with E-state index in [1.165, 1.54) is 11.1 Å². The summed E-state index contributed by atoms with van der Waals surface area (Å²) in [6.45, 7) is 0.640. The number of aromatic hydroxyl groups is 1. The van der Waals surface area contributed by atoms with E-state index in [-0.39, 0.29) is 17.8 Å². The molecule has 2 aromatic rings. The number of aryl methyl sites for hydroxylation is 2. The van der Waals surface area contributed by atoms with Crippen molar-refractivity contribution in [3.05, 3.63) is 65.2 Å². The van der Waals surface area contributed by atoms with Crippen LogP contribution in [0.4, 0.5) is 4.79 Å². The van der Waals surface area contributed by atoms with Crippen LogP contribution in [0, 0.1) is 0 Å². The maximum atomic E-state index is 12.1. The Bertz CT molecular complexity index is 682. The lowest BCUT2D eigenvalue weighted by molar-refractivity contribution is 0.235. The van der Waals surface area contributed by atoms with Crippen molar-refractivity contribution in [3.8, 4) is 5.75 Å². The maximum Gasteiger partial charge on any atom is 0.315 e. The van der Waals surface area contributed by atoms with Gasteiger partial charge in [-0.1, -0.05) is 36.4 Å². The van der Waals surface area contributed by atoms with E-state index < -0.39 is 0 Å². The van der Waals surface area contributed by atoms with Crippen LogP contribution in [0.25, 0.3) is 0 Å². The van der Waals surface area contributed by atoms with Gasteiger partial charge in [0.15, 0.2) is 0 Å². The van der Waals surface area contributed by atoms with E-state index in [1.807, 2.05) is 18.2 Å². The third-order valence-corrected chi connectivity index (χ3v) is 4.54. The Morgan fingerprint density at radius 1 is 1.12 bits per heavy atom. The van der Waals surface area contributed by atoms with E-state index >= 15 is 0 Å². The van der Waals surface area contributed by atoms with E-state index in [0.717, 1.165) is 37.7 Å². The molecule has 2 aromatic carbocycles. The first-order chi connectivity index (χ1) is 11.7. The highest BCUT2D eigenvalue weighted by molar-refractivity contribution is 5.74. The minimum absolute atomic E-state index is 0.0950. The quantitative estimate of drug-likeness (QED) is 0.734. The summed E-state index contributed by atoms with van der Waals surface area (Å²) in [7, 11) is 0. The summed E-state index contributed by atoms with van der Waals surface area (Å²) in [6, 6.07) is 15.6. The molecule has 24 heavy (non-hydrogen) atoms. The summed E-state index contributed by atoms with van der Waals surface area (Å²) in [5.74, 6) is 0.281. The van der Waals surface area contributed by atoms with Crippen molar-refractivity contribution in [2.24, 2.45) is 0 Å². The van der Waals surface area contributed by atoms with Crippen LogP contribution >= 0.6 is 0 Å². The minimum Gasteiger partial charge on any atom is -0.508 e. The van der Waals surface area contributed by atoms with Crippen LogP contribution in [0.2, 0.25) is 0 Å². The summed E-state index contributed by atoms with van der Waals surface area (Å²) >= 11 is 0. The lowest BCUT2D eigenvalue weighted by Crippen LogP contribution is -2.39. The second-order valence-corrected chi connectivity index (χ2v) is 6.31. The zero-order valence-corrected chi connectivity index (χ0v) is 13.8. The van der Waals surface area contributed by atoms with Crippen LogP contribution in [-0.2, 0) is 12.8 Å². The molecule has 0 radical (unpaired) electrons. The molecule has 3 N–H and O–H groups in total. The Balaban J connectivity index is 1.42. The van der Waals surface area contributed by atoms with E-state index in [9.17, 15) is 9.90 Å². The molecule has 0 saturated carbocycles. The van der Waals surface area contributed by atoms with Gasteiger partial charge in [-0.2, -0.15) is 0 Å². The summed E-state index contributed by atoms with van der Waals surface area (Å²) in [6.07, 6.45) is 4.97. The van der Waals surface area contributed by atoms with Crippen LogP contribution in [0.15, 0.2) is 48.5 Å². The normalized spacial score (nSPS) is 16.2. The van der Waals surface area contributed by atoms with Gasteiger partial charge in [0.2, 0.25) is 0 Å². The smallest absolute Gasteiger partial charge is 0.315 e. The van der Waals surface area contributed by atoms with Crippen molar-refractivity contribution in [2.75, 3.05) is 6.54 Å². The minimum atomic E-state index is -0.0950. The van der Waals surface area contributed by atoms with Gasteiger partial charge in [0.1, 0.15) is 5.75 Å². The third-order valence-electron chi connectivity index (χ3n) is 4.54. The zero-order valence-electron chi connectivity index (χ0n) is 13.8. The number of amides is 2. The SMILES string of the molecule is O=C(NCCCc1ccc(O)cc1)NC1CCCc2ccccc21. The van der Waals surface area contributed by atoms with Gasteiger partial charge in [-0.3, -0.25) is 0 Å². The van der Waals surface area contributed by atoms with Crippen molar-refractivity contribution in [3.63, 3.8) is 0 Å². The molecule has 0 heterocycles. The number of hydrogen-bond donors (Lipinski definition) is 3. The molecule has 126 valence electrons. The number of rotatable bonds is 5. The van der Waals surface area contributed by atoms with Crippen LogP contribution in [0.1, 0.15) is 42.0 Å². The first-order valence-corrected chi connectivity index (χ1v) is 8.62. The number of nitrogens with one attached hydrogen (secondary N) is 2. The van der Waals surface area contributed by atoms with Gasteiger partial charge in [0.25, 0.3) is 0 Å². The number of phenols is 1. The summed E-state index contributed by atoms with van der Waals surface area (Å²) in [5.41, 5.74) is 3.76. The maximum absolute atomic E-state index is 12.1. The second kappa shape index (κ2) is 7.86. The Hall–Kier alpha value is -2.49. The lowest BCUT2D eigenvalue weighted by atomic mass is 9.88. The molecule has 4 nitrogen and oxygen atoms in total. The van der Waals surface area contributed by atoms with Gasteiger partial charge in [-0.15, -0.1) is 0 Å². The molecule has 0 aromatic heterocycles. The van der Waals surface area contributed by atoms with Crippen molar-refractivity contribution in [1.82, 2.24) is 10.6 Å². The van der Waals surface area contributed by atoms with E-state index in [4.69, 9.17) is 0 Å². The number of urea groups is 1. The summed E-state index contributed by atoms with van der Waals surface area (Å²) in [5, 5.41) is 15.3. The highest BCUT2D eigenvalue weighted by Crippen LogP contribution is 2.29. The largest absolute Gasteiger partial charge is 0.508 e. The standard InChI is InChI=1S/C20H24N2O2/c23-17-12-10-15(11-13-17)5-4-14-21-20(24)22-19-9-3-7-16-6-1-2-8-18(16)19/h1-2,6,8,10-13,19,23H,3-5,7,9,14H2,(H2,21,22,24). The highest BCUT2D eigenvalue weighted by Gasteiger charge is 2.20. The van der Waals surface area contributed by atoms with Gasteiger partial charge >= 0.3 is 6.03 Å². The van der Waals surface area contributed by atoms with Crippen LogP contribution < -0.4 is 10.6 Å². The van der Waals surface area contributed by atoms with Gasteiger partial charge in [0.05, 0.1) is 6.04 Å². The molecule has 0 saturated heterocycles. The van der Waals surface area contributed by atoms with Crippen molar-refractivity contribution >= 4 is 6.03 Å². The Labute approximate surface area is 142 Å². The molecule has 1 atom stereocenters. The molecule has 0 spiro atoms. The third kappa shape index (κ3) is 4.28. The van der Waals surface area contributed by atoms with E-state index in [1.54, 1.807) is 12.1 Å². The van der Waals surface area contributed by atoms with Gasteiger partial charge in [-0.05, 0) is 60.9 Å². The van der Waals surface area contributed by atoms with Crippen molar-refractivity contribution in [1.29, 1.82) is 0 Å². The average molecular weight is 324 g/mol. The first kappa shape index (κ1) is 16.4. The molecule has 0 fully saturated rings. The molecule has 1 unspecified atom stereocenters. The molecule has 2 amide bonds. The molecular formula is C20H24N2O2. The van der Waals surface area contributed by atoms with Gasteiger partial charge < -0.3 is 15.7 Å². The van der Waals surface area contributed by atoms with Crippen molar-refractivity contribution < 1.29 is 9.90 Å². The average Bonchev–Trinajstić information content (AvgIpc) is 2.61. The van der Waals surface area contributed by atoms with Gasteiger partial charge in [0, 0.05) is 6.54 Å². The zero-order chi connectivity index (χ0) is 16.8. The van der Waals surface area contributed by atoms with Gasteiger partial charge in [-0.25, -0.2) is 4.79 Å². The second-order valence-electron chi connectivity index (χ2n) is 6.31. The molecule has 3 rings (SSSR count). The predicted molar refractivity (Wildman–Crippen MR) is 95.1 cm³/mol. The molecule has 0 aliphatic heterocycles. The number of benzene rings is 2. The lowest BCUT2D eigenvalue weighted by Gasteiger charge is -2.26. The van der Waals surface area contributed by atoms with E-state index in [2.05, 4.69) is 28.8 Å². The fourth-order valence-corrected chi connectivity index (χ4v) is 3.27. The fourth-order valence-electron chi connectivity index (χ4n) is 3.27. The monoisotopic (exact) mass is 324 g/mol. The van der Waals surface area contributed by atoms with Crippen LogP contribution in [0.3, 0.4) is 0 Å². The summed E-state index contributed by atoms with van der Waals surface area (Å²) in [4.78, 5) is 12.1. The van der Waals surface area contributed by atoms with Crippen LogP contribution in [-0.4, -0.2) is 17.7 Å². The number of fused-ring (bicyclic) bond motifs is 1. The molecule has 0 bridgehead atoms. The number of carbonyl (C=O) groups excluding carboxylic acids is 1. The highest BCUT2D eigenvalue weighted by atomic mass is 16.3. The predicted octanol–water partition coefficient (Wildman–Crippen LogP) is 3.70. The number of hydrogen-bond acceptors (Lipinski definition) is 2. The topological polar surface area (TPSA) is 61.4 Å². The van der Waals surface area contributed by atoms with E-state index in [0.29, 0.717) is 6.54 Å². The molecule has 1 aliphatic rings. The van der Waals surface area contributed by atoms with Crippen molar-refractivity contribution in [2.45, 2.75) is 38.1 Å². The Morgan fingerprint density at radius 2 is 1.92 bits per heavy atom. The first-order valence-electron chi connectivity index (χ1n) is 8.62. The van der Waals surface area contributed by atoms with Crippen LogP contribution in [0.5, 0.6) is 5.75 Å². The molecular weight excluding hydrogens is 300 g/mol. The number of phenolic OH excluding ortho intramolecular Hbond substituents is 1. The Morgan fingerprint density at radius 3 is 2.75 bits per heavy atom. The Kier molecular flexibility index (Phi) is 5.36. The molecule has 1 aliphatic carbocycles. The fraction of sp³-hybridized carbons (Fsp3) is 0.350.